The second-order valence-corrected chi connectivity index (χ2v) is 5.98. The summed E-state index contributed by atoms with van der Waals surface area (Å²) < 4.78 is 37.7. The zero-order valence-electron chi connectivity index (χ0n) is 7.75. The summed E-state index contributed by atoms with van der Waals surface area (Å²) in [6, 6.07) is 6.91. The van der Waals surface area contributed by atoms with Crippen LogP contribution in [0.5, 0.6) is 0 Å². The molecule has 0 nitrogen and oxygen atoms in total. The van der Waals surface area contributed by atoms with Gasteiger partial charge in [0, 0.05) is 4.88 Å². The van der Waals surface area contributed by atoms with Crippen molar-refractivity contribution in [3.8, 4) is 10.4 Å². The van der Waals surface area contributed by atoms with Gasteiger partial charge in [-0.25, -0.2) is 0 Å². The molecule has 0 N–H and O–H groups in total. The van der Waals surface area contributed by atoms with Crippen LogP contribution in [0.2, 0.25) is 0 Å². The normalized spacial score (nSPS) is 11.7. The number of hydrogen-bond donors (Lipinski definition) is 0. The van der Waals surface area contributed by atoms with Gasteiger partial charge in [-0.2, -0.15) is 13.2 Å². The van der Waals surface area contributed by atoms with E-state index in [2.05, 4.69) is 0 Å². The number of halogens is 3. The molecular formula is C10H5F3S3. The fraction of sp³-hybridized carbons (Fsp3) is 0.100. The quantitative estimate of drug-likeness (QED) is 0.508. The maximum Gasteiger partial charge on any atom is 0.416 e. The van der Waals surface area contributed by atoms with Gasteiger partial charge in [0.1, 0.15) is 3.82 Å². The lowest BCUT2D eigenvalue weighted by Gasteiger charge is -2.06. The molecule has 84 valence electrons. The van der Waals surface area contributed by atoms with Crippen LogP contribution >= 0.6 is 32.9 Å². The number of hydrogen-bond acceptors (Lipinski definition) is 3. The largest absolute Gasteiger partial charge is 0.416 e. The van der Waals surface area contributed by atoms with Gasteiger partial charge < -0.3 is 0 Å². The number of alkyl halides is 3. The standard InChI is InChI=1S/C10H5F3S3/c11-10(12,13)7-3-1-6(2-4-7)8-5-9(14)16-15-8/h1-5H. The maximum absolute atomic E-state index is 12.3. The summed E-state index contributed by atoms with van der Waals surface area (Å²) in [7, 11) is 2.92. The fourth-order valence-electron chi connectivity index (χ4n) is 1.20. The number of rotatable bonds is 1. The molecule has 0 amide bonds. The number of benzene rings is 1. The van der Waals surface area contributed by atoms with E-state index in [0.717, 1.165) is 26.4 Å². The average Bonchev–Trinajstić information content (AvgIpc) is 2.64. The molecule has 1 aromatic heterocycles. The van der Waals surface area contributed by atoms with Crippen molar-refractivity contribution >= 4 is 32.9 Å². The summed E-state index contributed by atoms with van der Waals surface area (Å²) in [6.07, 6.45) is -4.28. The van der Waals surface area contributed by atoms with Gasteiger partial charge in [-0.15, -0.1) is 0 Å². The summed E-state index contributed by atoms with van der Waals surface area (Å²) >= 11 is 4.97. The molecule has 0 atom stereocenters. The van der Waals surface area contributed by atoms with Crippen LogP contribution in [0, 0.1) is 3.82 Å². The predicted molar refractivity (Wildman–Crippen MR) is 63.5 cm³/mol. The van der Waals surface area contributed by atoms with Crippen LogP contribution in [0.25, 0.3) is 10.4 Å². The molecule has 0 saturated heterocycles. The fourth-order valence-corrected chi connectivity index (χ4v) is 3.60. The molecule has 1 aromatic carbocycles. The van der Waals surface area contributed by atoms with E-state index in [1.54, 1.807) is 6.07 Å². The first-order valence-electron chi connectivity index (χ1n) is 4.24. The third kappa shape index (κ3) is 2.50. The van der Waals surface area contributed by atoms with Gasteiger partial charge in [-0.05, 0) is 23.8 Å². The third-order valence-electron chi connectivity index (χ3n) is 1.96. The lowest BCUT2D eigenvalue weighted by atomic mass is 10.1. The minimum absolute atomic E-state index is 0.630. The Balaban J connectivity index is 2.36. The lowest BCUT2D eigenvalue weighted by Crippen LogP contribution is -2.03. The Hall–Kier alpha value is -0.720. The average molecular weight is 278 g/mol. The molecule has 0 saturated carbocycles. The van der Waals surface area contributed by atoms with Gasteiger partial charge in [0.05, 0.1) is 5.56 Å². The molecule has 16 heavy (non-hydrogen) atoms. The summed E-state index contributed by atoms with van der Waals surface area (Å²) in [5, 5.41) is 0. The highest BCUT2D eigenvalue weighted by Gasteiger charge is 2.29. The molecule has 0 bridgehead atoms. The van der Waals surface area contributed by atoms with Crippen LogP contribution in [-0.4, -0.2) is 0 Å². The van der Waals surface area contributed by atoms with Gasteiger partial charge in [0.2, 0.25) is 0 Å². The van der Waals surface area contributed by atoms with E-state index in [4.69, 9.17) is 12.2 Å². The summed E-state index contributed by atoms with van der Waals surface area (Å²) in [6.45, 7) is 0. The van der Waals surface area contributed by atoms with Gasteiger partial charge in [-0.1, -0.05) is 45.0 Å². The highest BCUT2D eigenvalue weighted by molar-refractivity contribution is 7.80. The van der Waals surface area contributed by atoms with Crippen LogP contribution in [0.4, 0.5) is 13.2 Å². The molecule has 0 aliphatic carbocycles. The van der Waals surface area contributed by atoms with Gasteiger partial charge in [-0.3, -0.25) is 0 Å². The zero-order chi connectivity index (χ0) is 11.8. The monoisotopic (exact) mass is 278 g/mol. The Labute approximate surface area is 102 Å². The Bertz CT molecular complexity index is 533. The van der Waals surface area contributed by atoms with Crippen molar-refractivity contribution in [3.63, 3.8) is 0 Å². The van der Waals surface area contributed by atoms with E-state index >= 15 is 0 Å². The molecule has 6 heteroatoms. The van der Waals surface area contributed by atoms with Gasteiger partial charge in [0.15, 0.2) is 0 Å². The summed E-state index contributed by atoms with van der Waals surface area (Å²) in [4.78, 5) is 0.906. The van der Waals surface area contributed by atoms with Crippen molar-refractivity contribution in [2.75, 3.05) is 0 Å². The molecule has 0 radical (unpaired) electrons. The molecule has 0 aliphatic heterocycles. The first kappa shape index (κ1) is 11.8. The molecular weight excluding hydrogens is 273 g/mol. The van der Waals surface area contributed by atoms with E-state index in [1.807, 2.05) is 0 Å². The second kappa shape index (κ2) is 4.27. The summed E-state index contributed by atoms with van der Waals surface area (Å²) in [5.74, 6) is 0. The Morgan fingerprint density at radius 3 is 2.06 bits per heavy atom. The molecule has 2 aromatic rings. The van der Waals surface area contributed by atoms with E-state index in [0.29, 0.717) is 0 Å². The van der Waals surface area contributed by atoms with Crippen molar-refractivity contribution in [1.82, 2.24) is 0 Å². The minimum atomic E-state index is -4.28. The SMILES string of the molecule is FC(F)(F)c1ccc(-c2cc(=S)ss2)cc1. The Kier molecular flexibility index (Phi) is 3.14. The highest BCUT2D eigenvalue weighted by Crippen LogP contribution is 2.33. The van der Waals surface area contributed by atoms with Gasteiger partial charge >= 0.3 is 6.18 Å². The van der Waals surface area contributed by atoms with E-state index in [1.165, 1.54) is 32.8 Å². The van der Waals surface area contributed by atoms with Crippen LogP contribution < -0.4 is 0 Å². The van der Waals surface area contributed by atoms with Crippen molar-refractivity contribution in [1.29, 1.82) is 0 Å². The topological polar surface area (TPSA) is 0 Å². The van der Waals surface area contributed by atoms with Crippen molar-refractivity contribution < 1.29 is 13.2 Å². The van der Waals surface area contributed by atoms with E-state index in [-0.39, 0.29) is 0 Å². The van der Waals surface area contributed by atoms with Gasteiger partial charge in [0.25, 0.3) is 0 Å². The van der Waals surface area contributed by atoms with E-state index < -0.39 is 11.7 Å². The predicted octanol–water partition coefficient (Wildman–Crippen LogP) is 5.22. The minimum Gasteiger partial charge on any atom is -0.166 e. The van der Waals surface area contributed by atoms with Crippen molar-refractivity contribution in [2.45, 2.75) is 6.18 Å². The van der Waals surface area contributed by atoms with Crippen LogP contribution in [0.3, 0.4) is 0 Å². The lowest BCUT2D eigenvalue weighted by molar-refractivity contribution is -0.137. The van der Waals surface area contributed by atoms with Crippen LogP contribution in [-0.2, 0) is 6.18 Å². The zero-order valence-corrected chi connectivity index (χ0v) is 10.2. The van der Waals surface area contributed by atoms with Crippen LogP contribution in [0.15, 0.2) is 30.3 Å². The molecule has 0 aliphatic rings. The maximum atomic E-state index is 12.3. The first-order valence-corrected chi connectivity index (χ1v) is 6.80. The molecule has 0 fully saturated rings. The second-order valence-electron chi connectivity index (χ2n) is 3.07. The summed E-state index contributed by atoms with van der Waals surface area (Å²) in [5.41, 5.74) is 0.139. The molecule has 1 heterocycles. The third-order valence-corrected chi connectivity index (χ3v) is 4.87. The van der Waals surface area contributed by atoms with E-state index in [9.17, 15) is 13.2 Å². The van der Waals surface area contributed by atoms with Crippen LogP contribution in [0.1, 0.15) is 5.56 Å². The smallest absolute Gasteiger partial charge is 0.166 e. The molecule has 2 rings (SSSR count). The highest BCUT2D eigenvalue weighted by atomic mass is 32.9. The Morgan fingerprint density at radius 1 is 1.00 bits per heavy atom. The first-order chi connectivity index (χ1) is 7.47. The Morgan fingerprint density at radius 2 is 1.62 bits per heavy atom. The van der Waals surface area contributed by atoms with Crippen molar-refractivity contribution in [3.05, 3.63) is 39.7 Å². The molecule has 0 spiro atoms. The van der Waals surface area contributed by atoms with Crippen molar-refractivity contribution in [2.24, 2.45) is 0 Å². The molecule has 0 unspecified atom stereocenters.